The summed E-state index contributed by atoms with van der Waals surface area (Å²) in [5.74, 6) is -1.69. The zero-order valence-electron chi connectivity index (χ0n) is 9.75. The van der Waals surface area contributed by atoms with Crippen molar-refractivity contribution in [2.24, 2.45) is 0 Å². The highest BCUT2D eigenvalue weighted by Crippen LogP contribution is 2.38. The van der Waals surface area contributed by atoms with Gasteiger partial charge < -0.3 is 5.11 Å². The van der Waals surface area contributed by atoms with Crippen LogP contribution in [0.15, 0.2) is 24.4 Å². The Kier molecular flexibility index (Phi) is 3.73. The molecule has 0 aliphatic heterocycles. The van der Waals surface area contributed by atoms with E-state index in [0.717, 1.165) is 6.07 Å². The topological polar surface area (TPSA) is 50.2 Å². The van der Waals surface area contributed by atoms with E-state index < -0.39 is 17.3 Å². The molecule has 98 valence electrons. The van der Waals surface area contributed by atoms with Crippen molar-refractivity contribution in [1.82, 2.24) is 4.98 Å². The molecule has 0 radical (unpaired) electrons. The molecule has 2 aromatic rings. The number of nitrogens with zero attached hydrogens (tertiary/aromatic N) is 1. The van der Waals surface area contributed by atoms with Crippen LogP contribution in [0.25, 0.3) is 11.1 Å². The van der Waals surface area contributed by atoms with Gasteiger partial charge in [-0.2, -0.15) is 0 Å². The number of carbonyl (C=O) groups is 1. The lowest BCUT2D eigenvalue weighted by Crippen LogP contribution is -1.98. The molecule has 1 N–H and O–H groups in total. The second-order valence-electron chi connectivity index (χ2n) is 3.87. The minimum absolute atomic E-state index is 0.0450. The van der Waals surface area contributed by atoms with Crippen molar-refractivity contribution >= 4 is 29.0 Å². The molecule has 0 fully saturated rings. The van der Waals surface area contributed by atoms with Gasteiger partial charge in [0.1, 0.15) is 10.9 Å². The van der Waals surface area contributed by atoms with Crippen LogP contribution in [0.5, 0.6) is 5.75 Å². The normalized spacial score (nSPS) is 10.5. The number of phenols is 1. The highest BCUT2D eigenvalue weighted by Gasteiger charge is 2.20. The van der Waals surface area contributed by atoms with Gasteiger partial charge in [0.25, 0.3) is 0 Å². The highest BCUT2D eigenvalue weighted by atomic mass is 35.5. The van der Waals surface area contributed by atoms with Crippen molar-refractivity contribution in [3.63, 3.8) is 0 Å². The quantitative estimate of drug-likeness (QED) is 0.671. The third kappa shape index (κ3) is 2.55. The molecule has 0 bridgehead atoms. The van der Waals surface area contributed by atoms with Gasteiger partial charge in [-0.1, -0.05) is 23.2 Å². The Morgan fingerprint density at radius 1 is 1.37 bits per heavy atom. The van der Waals surface area contributed by atoms with Gasteiger partial charge in [-0.25, -0.2) is 9.37 Å². The lowest BCUT2D eigenvalue weighted by molar-refractivity contribution is 0.101. The Morgan fingerprint density at radius 3 is 2.58 bits per heavy atom. The van der Waals surface area contributed by atoms with Gasteiger partial charge in [-0.15, -0.1) is 0 Å². The number of rotatable bonds is 2. The second kappa shape index (κ2) is 5.15. The van der Waals surface area contributed by atoms with Crippen molar-refractivity contribution in [2.75, 3.05) is 0 Å². The number of hydrogen-bond donors (Lipinski definition) is 1. The summed E-state index contributed by atoms with van der Waals surface area (Å²) < 4.78 is 14.0. The number of halogens is 3. The maximum Gasteiger partial charge on any atom is 0.163 e. The van der Waals surface area contributed by atoms with Crippen LogP contribution in [0.2, 0.25) is 10.2 Å². The number of pyridine rings is 1. The van der Waals surface area contributed by atoms with Crippen LogP contribution in [-0.2, 0) is 0 Å². The molecule has 1 aromatic carbocycles. The summed E-state index contributed by atoms with van der Waals surface area (Å²) in [6.45, 7) is 1.26. The fraction of sp³-hybridized carbons (Fsp3) is 0.0769. The second-order valence-corrected chi connectivity index (χ2v) is 4.66. The lowest BCUT2D eigenvalue weighted by Gasteiger charge is -2.11. The first-order valence-electron chi connectivity index (χ1n) is 5.25. The van der Waals surface area contributed by atoms with Crippen molar-refractivity contribution < 1.29 is 14.3 Å². The van der Waals surface area contributed by atoms with Gasteiger partial charge in [0.05, 0.1) is 16.1 Å². The summed E-state index contributed by atoms with van der Waals surface area (Å²) in [6, 6.07) is 4.03. The van der Waals surface area contributed by atoms with Gasteiger partial charge in [-0.3, -0.25) is 4.79 Å². The van der Waals surface area contributed by atoms with E-state index in [1.54, 1.807) is 0 Å². The molecule has 1 heterocycles. The van der Waals surface area contributed by atoms with Crippen molar-refractivity contribution in [3.8, 4) is 16.9 Å². The molecule has 6 heteroatoms. The standard InChI is InChI=1S/C13H8Cl2FNO2/c1-6(18)8-4-9(14)12(16)11(13(8)19)7-2-3-10(15)17-5-7/h2-5,19H,1H3. The molecule has 0 unspecified atom stereocenters. The Bertz CT molecular complexity index is 657. The summed E-state index contributed by atoms with van der Waals surface area (Å²) in [5.41, 5.74) is 0.0719. The first kappa shape index (κ1) is 13.8. The molecule has 0 aliphatic carbocycles. The number of hydrogen-bond acceptors (Lipinski definition) is 3. The monoisotopic (exact) mass is 299 g/mol. The molecule has 0 saturated carbocycles. The van der Waals surface area contributed by atoms with Crippen molar-refractivity contribution in [2.45, 2.75) is 6.92 Å². The van der Waals surface area contributed by atoms with Gasteiger partial charge in [0.15, 0.2) is 11.6 Å². The zero-order chi connectivity index (χ0) is 14.2. The van der Waals surface area contributed by atoms with Gasteiger partial charge in [0.2, 0.25) is 0 Å². The molecule has 0 aliphatic rings. The van der Waals surface area contributed by atoms with E-state index in [9.17, 15) is 14.3 Å². The first-order valence-corrected chi connectivity index (χ1v) is 6.01. The van der Waals surface area contributed by atoms with E-state index in [-0.39, 0.29) is 26.9 Å². The van der Waals surface area contributed by atoms with E-state index in [1.165, 1.54) is 25.3 Å². The predicted molar refractivity (Wildman–Crippen MR) is 71.3 cm³/mol. The Hall–Kier alpha value is -1.65. The fourth-order valence-corrected chi connectivity index (χ4v) is 1.99. The SMILES string of the molecule is CC(=O)c1cc(Cl)c(F)c(-c2ccc(Cl)nc2)c1O. The van der Waals surface area contributed by atoms with Crippen LogP contribution in [0.1, 0.15) is 17.3 Å². The van der Waals surface area contributed by atoms with Crippen molar-refractivity contribution in [1.29, 1.82) is 0 Å². The third-order valence-corrected chi connectivity index (χ3v) is 3.09. The number of Topliss-reactive ketones (excluding diaryl/α,β-unsaturated/α-hetero) is 1. The number of aromatic hydroxyl groups is 1. The molecular weight excluding hydrogens is 292 g/mol. The largest absolute Gasteiger partial charge is 0.506 e. The minimum atomic E-state index is -0.812. The molecule has 19 heavy (non-hydrogen) atoms. The van der Waals surface area contributed by atoms with E-state index in [1.807, 2.05) is 0 Å². The minimum Gasteiger partial charge on any atom is -0.506 e. The third-order valence-electron chi connectivity index (χ3n) is 2.59. The Morgan fingerprint density at radius 2 is 2.05 bits per heavy atom. The maximum atomic E-state index is 14.0. The Labute approximate surface area is 118 Å². The number of phenolic OH excluding ortho intramolecular Hbond substituents is 1. The summed E-state index contributed by atoms with van der Waals surface area (Å²) in [5, 5.41) is 10.00. The molecule has 2 rings (SSSR count). The highest BCUT2D eigenvalue weighted by molar-refractivity contribution is 6.31. The summed E-state index contributed by atoms with van der Waals surface area (Å²) >= 11 is 11.4. The van der Waals surface area contributed by atoms with Gasteiger partial charge in [-0.05, 0) is 25.1 Å². The van der Waals surface area contributed by atoms with E-state index >= 15 is 0 Å². The van der Waals surface area contributed by atoms with Crippen LogP contribution in [0, 0.1) is 5.82 Å². The van der Waals surface area contributed by atoms with Crippen LogP contribution in [0.3, 0.4) is 0 Å². The first-order chi connectivity index (χ1) is 8.91. The number of ketones is 1. The average molecular weight is 300 g/mol. The molecule has 0 saturated heterocycles. The summed E-state index contributed by atoms with van der Waals surface area (Å²) in [7, 11) is 0. The molecular formula is C13H8Cl2FNO2. The number of carbonyl (C=O) groups excluding carboxylic acids is 1. The number of aromatic nitrogens is 1. The van der Waals surface area contributed by atoms with Crippen molar-refractivity contribution in [3.05, 3.63) is 46.0 Å². The molecule has 1 aromatic heterocycles. The molecule has 0 atom stereocenters. The summed E-state index contributed by atoms with van der Waals surface area (Å²) in [6.07, 6.45) is 1.29. The average Bonchev–Trinajstić information content (AvgIpc) is 2.36. The zero-order valence-corrected chi connectivity index (χ0v) is 11.3. The molecule has 0 spiro atoms. The molecule has 3 nitrogen and oxygen atoms in total. The van der Waals surface area contributed by atoms with Gasteiger partial charge in [0, 0.05) is 11.8 Å². The van der Waals surface area contributed by atoms with Crippen LogP contribution in [0.4, 0.5) is 4.39 Å². The van der Waals surface area contributed by atoms with E-state index in [4.69, 9.17) is 23.2 Å². The van der Waals surface area contributed by atoms with Gasteiger partial charge >= 0.3 is 0 Å². The number of benzene rings is 1. The molecule has 0 amide bonds. The van der Waals surface area contributed by atoms with E-state index in [2.05, 4.69) is 4.98 Å². The predicted octanol–water partition coefficient (Wildman–Crippen LogP) is 4.10. The smallest absolute Gasteiger partial charge is 0.163 e. The Balaban J connectivity index is 2.75. The van der Waals surface area contributed by atoms with Crippen LogP contribution < -0.4 is 0 Å². The lowest BCUT2D eigenvalue weighted by atomic mass is 10.0. The van der Waals surface area contributed by atoms with E-state index in [0.29, 0.717) is 0 Å². The van der Waals surface area contributed by atoms with Crippen LogP contribution in [-0.4, -0.2) is 15.9 Å². The van der Waals surface area contributed by atoms with Crippen LogP contribution >= 0.6 is 23.2 Å². The maximum absolute atomic E-state index is 14.0. The summed E-state index contributed by atoms with van der Waals surface area (Å²) in [4.78, 5) is 15.2. The fourth-order valence-electron chi connectivity index (χ4n) is 1.67.